The minimum absolute atomic E-state index is 0. The number of amides is 1. The molecular weight excluding hydrogens is 347 g/mol. The highest BCUT2D eigenvalue weighted by molar-refractivity contribution is 5.85. The number of rotatable bonds is 5. The van der Waals surface area contributed by atoms with Crippen LogP contribution in [0.2, 0.25) is 0 Å². The number of benzene rings is 1. The van der Waals surface area contributed by atoms with E-state index in [2.05, 4.69) is 20.3 Å². The molecule has 0 spiro atoms. The molecule has 136 valence electrons. The molecule has 2 rings (SSSR count). The second-order valence-electron chi connectivity index (χ2n) is 5.35. The van der Waals surface area contributed by atoms with Gasteiger partial charge in [-0.25, -0.2) is 0 Å². The third kappa shape index (κ3) is 7.85. The molecule has 0 bridgehead atoms. The second kappa shape index (κ2) is 9.71. The molecule has 0 aromatic heterocycles. The average Bonchev–Trinajstić information content (AvgIpc) is 2.73. The van der Waals surface area contributed by atoms with E-state index in [0.29, 0.717) is 12.1 Å². The van der Waals surface area contributed by atoms with Crippen molar-refractivity contribution in [2.45, 2.75) is 19.3 Å². The SMILES string of the molecule is Cl.O=C(CN1CCCNCC1)NCc1ccc(OC(F)(F)F)cc1. The number of ether oxygens (including phenoxy) is 1. The molecule has 0 aliphatic carbocycles. The molecule has 1 aliphatic rings. The first-order valence-corrected chi connectivity index (χ1v) is 7.47. The van der Waals surface area contributed by atoms with Crippen LogP contribution in [0.5, 0.6) is 5.75 Å². The van der Waals surface area contributed by atoms with Gasteiger partial charge >= 0.3 is 6.36 Å². The van der Waals surface area contributed by atoms with Gasteiger partial charge < -0.3 is 15.4 Å². The lowest BCUT2D eigenvalue weighted by Gasteiger charge is -2.18. The number of hydrogen-bond donors (Lipinski definition) is 2. The van der Waals surface area contributed by atoms with E-state index in [1.165, 1.54) is 24.3 Å². The first-order valence-electron chi connectivity index (χ1n) is 7.47. The maximum absolute atomic E-state index is 12.1. The Balaban J connectivity index is 0.00000288. The highest BCUT2D eigenvalue weighted by Gasteiger charge is 2.30. The van der Waals surface area contributed by atoms with Crippen LogP contribution in [-0.4, -0.2) is 49.9 Å². The fraction of sp³-hybridized carbons (Fsp3) is 0.533. The van der Waals surface area contributed by atoms with Gasteiger partial charge in [0.1, 0.15) is 5.75 Å². The van der Waals surface area contributed by atoms with Crippen molar-refractivity contribution in [3.05, 3.63) is 29.8 Å². The van der Waals surface area contributed by atoms with Gasteiger partial charge in [0, 0.05) is 19.6 Å². The summed E-state index contributed by atoms with van der Waals surface area (Å²) in [6.45, 7) is 4.15. The van der Waals surface area contributed by atoms with Crippen molar-refractivity contribution in [3.8, 4) is 5.75 Å². The van der Waals surface area contributed by atoms with Gasteiger partial charge in [0.05, 0.1) is 6.54 Å². The summed E-state index contributed by atoms with van der Waals surface area (Å²) in [5.41, 5.74) is 0.713. The lowest BCUT2D eigenvalue weighted by molar-refractivity contribution is -0.274. The fourth-order valence-corrected chi connectivity index (χ4v) is 2.33. The second-order valence-corrected chi connectivity index (χ2v) is 5.35. The molecule has 0 atom stereocenters. The minimum Gasteiger partial charge on any atom is -0.406 e. The van der Waals surface area contributed by atoms with Gasteiger partial charge in [-0.15, -0.1) is 25.6 Å². The Morgan fingerprint density at radius 1 is 1.21 bits per heavy atom. The van der Waals surface area contributed by atoms with E-state index in [1.807, 2.05) is 0 Å². The van der Waals surface area contributed by atoms with Gasteiger partial charge in [-0.05, 0) is 37.2 Å². The third-order valence-electron chi connectivity index (χ3n) is 3.45. The van der Waals surface area contributed by atoms with Gasteiger partial charge in [-0.2, -0.15) is 0 Å². The smallest absolute Gasteiger partial charge is 0.406 e. The normalized spacial score (nSPS) is 16.0. The molecule has 1 aliphatic heterocycles. The van der Waals surface area contributed by atoms with Crippen LogP contribution < -0.4 is 15.4 Å². The van der Waals surface area contributed by atoms with Crippen LogP contribution in [0.4, 0.5) is 13.2 Å². The van der Waals surface area contributed by atoms with Crippen LogP contribution in [0.25, 0.3) is 0 Å². The number of nitrogens with zero attached hydrogens (tertiary/aromatic N) is 1. The van der Waals surface area contributed by atoms with E-state index < -0.39 is 6.36 Å². The molecule has 1 fully saturated rings. The Morgan fingerprint density at radius 3 is 2.58 bits per heavy atom. The summed E-state index contributed by atoms with van der Waals surface area (Å²) in [6.07, 6.45) is -3.69. The quantitative estimate of drug-likeness (QED) is 0.835. The summed E-state index contributed by atoms with van der Waals surface area (Å²) in [5, 5.41) is 6.03. The van der Waals surface area contributed by atoms with Crippen molar-refractivity contribution in [1.29, 1.82) is 0 Å². The zero-order chi connectivity index (χ0) is 16.7. The highest BCUT2D eigenvalue weighted by atomic mass is 35.5. The van der Waals surface area contributed by atoms with Crippen molar-refractivity contribution >= 4 is 18.3 Å². The number of halogens is 4. The van der Waals surface area contributed by atoms with Gasteiger partial charge in [-0.3, -0.25) is 9.69 Å². The zero-order valence-electron chi connectivity index (χ0n) is 13.1. The predicted octanol–water partition coefficient (Wildman–Crippen LogP) is 1.92. The molecule has 1 aromatic carbocycles. The summed E-state index contributed by atoms with van der Waals surface area (Å²) in [6, 6.07) is 5.46. The Bertz CT molecular complexity index is 504. The molecule has 1 heterocycles. The number of carbonyl (C=O) groups excluding carboxylic acids is 1. The van der Waals surface area contributed by atoms with Gasteiger partial charge in [-0.1, -0.05) is 12.1 Å². The Hall–Kier alpha value is -1.51. The van der Waals surface area contributed by atoms with Crippen molar-refractivity contribution in [2.24, 2.45) is 0 Å². The molecule has 2 N–H and O–H groups in total. The van der Waals surface area contributed by atoms with Crippen molar-refractivity contribution in [3.63, 3.8) is 0 Å². The van der Waals surface area contributed by atoms with Crippen LogP contribution in [0.1, 0.15) is 12.0 Å². The first kappa shape index (κ1) is 20.5. The monoisotopic (exact) mass is 367 g/mol. The van der Waals surface area contributed by atoms with Crippen LogP contribution in [-0.2, 0) is 11.3 Å². The van der Waals surface area contributed by atoms with E-state index in [4.69, 9.17) is 0 Å². The average molecular weight is 368 g/mol. The number of alkyl halides is 3. The van der Waals surface area contributed by atoms with Crippen molar-refractivity contribution in [2.75, 3.05) is 32.7 Å². The van der Waals surface area contributed by atoms with Crippen LogP contribution >= 0.6 is 12.4 Å². The largest absolute Gasteiger partial charge is 0.573 e. The molecule has 0 radical (unpaired) electrons. The number of hydrogen-bond acceptors (Lipinski definition) is 4. The van der Waals surface area contributed by atoms with Crippen LogP contribution in [0, 0.1) is 0 Å². The standard InChI is InChI=1S/C15H20F3N3O2.ClH/c16-15(17,18)23-13-4-2-12(3-5-13)10-20-14(22)11-21-8-1-6-19-7-9-21;/h2-5,19H,1,6-11H2,(H,20,22);1H. The minimum atomic E-state index is -4.70. The van der Waals surface area contributed by atoms with Crippen molar-refractivity contribution in [1.82, 2.24) is 15.5 Å². The predicted molar refractivity (Wildman–Crippen MR) is 86.1 cm³/mol. The lowest BCUT2D eigenvalue weighted by atomic mass is 10.2. The topological polar surface area (TPSA) is 53.6 Å². The Morgan fingerprint density at radius 2 is 1.92 bits per heavy atom. The summed E-state index contributed by atoms with van der Waals surface area (Å²) in [4.78, 5) is 14.0. The fourth-order valence-electron chi connectivity index (χ4n) is 2.33. The zero-order valence-corrected chi connectivity index (χ0v) is 13.9. The lowest BCUT2D eigenvalue weighted by Crippen LogP contribution is -2.38. The summed E-state index contributed by atoms with van der Waals surface area (Å²) >= 11 is 0. The maximum Gasteiger partial charge on any atom is 0.573 e. The van der Waals surface area contributed by atoms with E-state index in [0.717, 1.165) is 32.6 Å². The molecule has 1 amide bonds. The molecule has 24 heavy (non-hydrogen) atoms. The molecule has 9 heteroatoms. The van der Waals surface area contributed by atoms with E-state index in [1.54, 1.807) is 0 Å². The summed E-state index contributed by atoms with van der Waals surface area (Å²) in [5.74, 6) is -0.368. The Labute approximate surface area is 144 Å². The molecule has 1 saturated heterocycles. The van der Waals surface area contributed by atoms with E-state index in [9.17, 15) is 18.0 Å². The molecular formula is C15H21ClF3N3O2. The van der Waals surface area contributed by atoms with E-state index >= 15 is 0 Å². The maximum atomic E-state index is 12.1. The van der Waals surface area contributed by atoms with E-state index in [-0.39, 0.29) is 30.6 Å². The van der Waals surface area contributed by atoms with Crippen molar-refractivity contribution < 1.29 is 22.7 Å². The molecule has 0 saturated carbocycles. The highest BCUT2D eigenvalue weighted by Crippen LogP contribution is 2.22. The molecule has 5 nitrogen and oxygen atoms in total. The summed E-state index contributed by atoms with van der Waals surface area (Å²) < 4.78 is 40.0. The summed E-state index contributed by atoms with van der Waals surface area (Å²) in [7, 11) is 0. The van der Waals surface area contributed by atoms with Crippen LogP contribution in [0.15, 0.2) is 24.3 Å². The van der Waals surface area contributed by atoms with Gasteiger partial charge in [0.25, 0.3) is 0 Å². The van der Waals surface area contributed by atoms with Crippen LogP contribution in [0.3, 0.4) is 0 Å². The molecule has 0 unspecified atom stereocenters. The van der Waals surface area contributed by atoms with Gasteiger partial charge in [0.2, 0.25) is 5.91 Å². The number of nitrogens with one attached hydrogen (secondary N) is 2. The van der Waals surface area contributed by atoms with Gasteiger partial charge in [0.15, 0.2) is 0 Å². The molecule has 1 aromatic rings. The Kier molecular flexibility index (Phi) is 8.30. The first-order chi connectivity index (χ1) is 10.9. The number of carbonyl (C=O) groups is 1. The third-order valence-corrected chi connectivity index (χ3v) is 3.45.